The van der Waals surface area contributed by atoms with E-state index in [2.05, 4.69) is 10.3 Å². The molecule has 2 aromatic carbocycles. The lowest BCUT2D eigenvalue weighted by Gasteiger charge is -2.28. The summed E-state index contributed by atoms with van der Waals surface area (Å²) in [7, 11) is 0. The third kappa shape index (κ3) is 6.85. The van der Waals surface area contributed by atoms with E-state index in [1.54, 1.807) is 12.1 Å². The molecule has 0 spiro atoms. The number of amidine groups is 1. The van der Waals surface area contributed by atoms with Gasteiger partial charge in [-0.2, -0.15) is 0 Å². The number of aliphatic imine (C=N–C) groups is 1. The number of phenolic OH excluding ortho intramolecular Hbond substituents is 1. The Morgan fingerprint density at radius 3 is 2.09 bits per heavy atom. The highest BCUT2D eigenvalue weighted by Crippen LogP contribution is 2.40. The van der Waals surface area contributed by atoms with Gasteiger partial charge < -0.3 is 16.2 Å². The van der Waals surface area contributed by atoms with Crippen LogP contribution in [0.3, 0.4) is 0 Å². The van der Waals surface area contributed by atoms with Gasteiger partial charge in [0.05, 0.1) is 16.6 Å². The molecule has 1 amide bonds. The first-order valence-electron chi connectivity index (χ1n) is 11.4. The second-order valence-corrected chi connectivity index (χ2v) is 11.6. The summed E-state index contributed by atoms with van der Waals surface area (Å²) in [6.07, 6.45) is 0. The average molecular weight is 606 g/mol. The molecule has 1 unspecified atom stereocenters. The number of hydrogen-bond donors (Lipinski definition) is 3. The van der Waals surface area contributed by atoms with Crippen molar-refractivity contribution < 1.29 is 9.90 Å². The van der Waals surface area contributed by atoms with Crippen LogP contribution in [0.1, 0.15) is 86.4 Å². The van der Waals surface area contributed by atoms with Gasteiger partial charge in [0.1, 0.15) is 11.6 Å². The number of amides is 1. The topological polar surface area (TPSA) is 87.7 Å². The van der Waals surface area contributed by atoms with Crippen LogP contribution >= 0.6 is 35.3 Å². The molecular formula is C28H36IN3O2S. The van der Waals surface area contributed by atoms with E-state index in [4.69, 9.17) is 5.73 Å². The van der Waals surface area contributed by atoms with Crippen LogP contribution in [0.25, 0.3) is 0 Å². The minimum absolute atomic E-state index is 0. The first-order valence-corrected chi connectivity index (χ1v) is 12.3. The molecule has 1 heterocycles. The van der Waals surface area contributed by atoms with Gasteiger partial charge in [0.2, 0.25) is 0 Å². The molecule has 0 aliphatic rings. The lowest BCUT2D eigenvalue weighted by Crippen LogP contribution is -2.28. The second-order valence-electron chi connectivity index (χ2n) is 10.6. The van der Waals surface area contributed by atoms with Crippen LogP contribution in [0.2, 0.25) is 0 Å². The molecule has 0 saturated heterocycles. The van der Waals surface area contributed by atoms with Crippen molar-refractivity contribution in [2.24, 2.45) is 10.7 Å². The molecule has 1 aromatic heterocycles. The van der Waals surface area contributed by atoms with Crippen LogP contribution in [-0.4, -0.2) is 16.8 Å². The zero-order chi connectivity index (χ0) is 25.3. The Labute approximate surface area is 229 Å². The predicted octanol–water partition coefficient (Wildman–Crippen LogP) is 7.19. The Bertz CT molecular complexity index is 1170. The van der Waals surface area contributed by atoms with E-state index in [-0.39, 0.29) is 52.5 Å². The van der Waals surface area contributed by atoms with Crippen molar-refractivity contribution in [2.75, 3.05) is 0 Å². The molecular weight excluding hydrogens is 569 g/mol. The van der Waals surface area contributed by atoms with Crippen molar-refractivity contribution >= 4 is 52.7 Å². The molecule has 0 radical (unpaired) electrons. The minimum atomic E-state index is -0.313. The summed E-state index contributed by atoms with van der Waals surface area (Å²) < 4.78 is 0. The van der Waals surface area contributed by atoms with E-state index >= 15 is 0 Å². The van der Waals surface area contributed by atoms with Crippen molar-refractivity contribution in [3.05, 3.63) is 81.0 Å². The number of carbonyl (C=O) groups excluding carboxylic acids is 1. The van der Waals surface area contributed by atoms with E-state index in [0.717, 1.165) is 27.3 Å². The highest BCUT2D eigenvalue weighted by Gasteiger charge is 2.28. The first kappa shape index (κ1) is 28.8. The summed E-state index contributed by atoms with van der Waals surface area (Å²) in [5.74, 6) is 0.506. The summed E-state index contributed by atoms with van der Waals surface area (Å²) in [5, 5.41) is 16.0. The third-order valence-corrected chi connectivity index (χ3v) is 6.65. The van der Waals surface area contributed by atoms with Gasteiger partial charge in [0.15, 0.2) is 0 Å². The van der Waals surface area contributed by atoms with Crippen molar-refractivity contribution in [3.8, 4) is 5.75 Å². The molecule has 0 aliphatic carbocycles. The summed E-state index contributed by atoms with van der Waals surface area (Å²) in [4.78, 5) is 18.9. The van der Waals surface area contributed by atoms with E-state index < -0.39 is 0 Å². The van der Waals surface area contributed by atoms with E-state index in [1.165, 1.54) is 11.3 Å². The van der Waals surface area contributed by atoms with Crippen LogP contribution in [0.5, 0.6) is 5.75 Å². The lowest BCUT2D eigenvalue weighted by atomic mass is 9.78. The Morgan fingerprint density at radius 2 is 1.57 bits per heavy atom. The summed E-state index contributed by atoms with van der Waals surface area (Å²) >= 11 is 1.53. The van der Waals surface area contributed by atoms with Gasteiger partial charge in [-0.1, -0.05) is 65.8 Å². The van der Waals surface area contributed by atoms with Crippen LogP contribution in [0.15, 0.2) is 58.9 Å². The molecule has 1 atom stereocenters. The molecule has 3 rings (SSSR count). The number of hydrogen-bond acceptors (Lipinski definition) is 4. The molecule has 0 fully saturated rings. The fourth-order valence-electron chi connectivity index (χ4n) is 3.83. The van der Waals surface area contributed by atoms with Crippen molar-refractivity contribution in [1.29, 1.82) is 0 Å². The monoisotopic (exact) mass is 605 g/mol. The molecule has 4 N–H and O–H groups in total. The molecule has 0 bridgehead atoms. The number of nitrogens with two attached hydrogens (primary N) is 1. The maximum absolute atomic E-state index is 13.4. The third-order valence-electron chi connectivity index (χ3n) is 5.75. The largest absolute Gasteiger partial charge is 0.507 e. The number of rotatable bonds is 5. The smallest absolute Gasteiger partial charge is 0.251 e. The molecule has 5 nitrogen and oxygen atoms in total. The molecule has 7 heteroatoms. The molecule has 3 aromatic rings. The number of carbonyl (C=O) groups is 1. The maximum atomic E-state index is 13.4. The number of nitrogens with zero attached hydrogens (tertiary/aromatic N) is 1. The number of para-hydroxylation sites is 1. The zero-order valence-corrected chi connectivity index (χ0v) is 24.6. The standard InChI is InChI=1S/C28H35N3O2S.HI/c1-17(19-11-8-9-12-22(19)31-25(29)23-13-10-14-34-23)30-26(33)18-15-20(27(2,3)4)24(32)21(16-18)28(5,6)7;/h8-17,32H,1-7H3,(H2,29,31)(H,30,33);1H. The van der Waals surface area contributed by atoms with Gasteiger partial charge in [-0.25, -0.2) is 4.99 Å². The normalized spacial score (nSPS) is 13.2. The van der Waals surface area contributed by atoms with Gasteiger partial charge in [-0.15, -0.1) is 35.3 Å². The predicted molar refractivity (Wildman–Crippen MR) is 158 cm³/mol. The van der Waals surface area contributed by atoms with Crippen molar-refractivity contribution in [3.63, 3.8) is 0 Å². The summed E-state index contributed by atoms with van der Waals surface area (Å²) in [5.41, 5.74) is 9.22. The first-order chi connectivity index (χ1) is 15.8. The van der Waals surface area contributed by atoms with Crippen molar-refractivity contribution in [1.82, 2.24) is 5.32 Å². The number of halogens is 1. The SMILES string of the molecule is CC(NC(=O)c1cc(C(C)(C)C)c(O)c(C(C)(C)C)c1)c1ccccc1N=C(N)c1cccs1.I. The second kappa shape index (κ2) is 11.1. The minimum Gasteiger partial charge on any atom is -0.507 e. The fraction of sp³-hybridized carbons (Fsp3) is 0.357. The fourth-order valence-corrected chi connectivity index (χ4v) is 4.46. The number of benzene rings is 2. The molecule has 188 valence electrons. The number of thiophene rings is 1. The summed E-state index contributed by atoms with van der Waals surface area (Å²) in [6, 6.07) is 14.8. The quantitative estimate of drug-likeness (QED) is 0.163. The number of phenols is 1. The van der Waals surface area contributed by atoms with E-state index in [1.807, 2.05) is 90.2 Å². The summed E-state index contributed by atoms with van der Waals surface area (Å²) in [6.45, 7) is 14.1. The van der Waals surface area contributed by atoms with E-state index in [0.29, 0.717) is 11.4 Å². The Morgan fingerprint density at radius 1 is 1.00 bits per heavy atom. The van der Waals surface area contributed by atoms with Crippen molar-refractivity contribution in [2.45, 2.75) is 65.3 Å². The maximum Gasteiger partial charge on any atom is 0.251 e. The highest BCUT2D eigenvalue weighted by atomic mass is 127. The van der Waals surface area contributed by atoms with Gasteiger partial charge in [-0.05, 0) is 53.0 Å². The molecule has 35 heavy (non-hydrogen) atoms. The number of aromatic hydroxyl groups is 1. The zero-order valence-electron chi connectivity index (χ0n) is 21.5. The highest BCUT2D eigenvalue weighted by molar-refractivity contribution is 14.0. The van der Waals surface area contributed by atoms with Crippen LogP contribution in [0, 0.1) is 0 Å². The Balaban J connectivity index is 0.00000432. The van der Waals surface area contributed by atoms with Gasteiger partial charge in [0.25, 0.3) is 5.91 Å². The van der Waals surface area contributed by atoms with Crippen LogP contribution in [-0.2, 0) is 10.8 Å². The average Bonchev–Trinajstić information content (AvgIpc) is 3.27. The van der Waals surface area contributed by atoms with Crippen LogP contribution in [0.4, 0.5) is 5.69 Å². The molecule has 0 aliphatic heterocycles. The molecule has 0 saturated carbocycles. The number of nitrogens with one attached hydrogen (secondary N) is 1. The van der Waals surface area contributed by atoms with Gasteiger partial charge >= 0.3 is 0 Å². The lowest BCUT2D eigenvalue weighted by molar-refractivity contribution is 0.0939. The van der Waals surface area contributed by atoms with E-state index in [9.17, 15) is 9.90 Å². The Kier molecular flexibility index (Phi) is 9.16. The Hall–Kier alpha value is -2.39. The van der Waals surface area contributed by atoms with Gasteiger partial charge in [0, 0.05) is 16.7 Å². The van der Waals surface area contributed by atoms with Gasteiger partial charge in [-0.3, -0.25) is 4.79 Å². The van der Waals surface area contributed by atoms with Crippen LogP contribution < -0.4 is 11.1 Å².